The fourth-order valence-corrected chi connectivity index (χ4v) is 2.21. The van der Waals surface area contributed by atoms with Gasteiger partial charge in [-0.15, -0.1) is 0 Å². The van der Waals surface area contributed by atoms with Crippen molar-refractivity contribution in [3.05, 3.63) is 48.0 Å². The molecule has 2 aromatic carbocycles. The van der Waals surface area contributed by atoms with E-state index in [9.17, 15) is 8.78 Å². The number of halogens is 2. The maximum absolute atomic E-state index is 13.3. The summed E-state index contributed by atoms with van der Waals surface area (Å²) in [7, 11) is 3.06. The van der Waals surface area contributed by atoms with Gasteiger partial charge in [0.15, 0.2) is 0 Å². The Kier molecular flexibility index (Phi) is 3.25. The van der Waals surface area contributed by atoms with Crippen molar-refractivity contribution in [3.8, 4) is 22.8 Å². The van der Waals surface area contributed by atoms with Gasteiger partial charge in [-0.25, -0.2) is 8.78 Å². The lowest BCUT2D eigenvalue weighted by Gasteiger charge is -2.04. The highest BCUT2D eigenvalue weighted by Gasteiger charge is 2.13. The molecule has 5 heteroatoms. The van der Waals surface area contributed by atoms with Crippen LogP contribution in [0.2, 0.25) is 0 Å². The third kappa shape index (κ3) is 2.42. The number of methoxy groups -OCH3 is 2. The molecule has 0 aliphatic carbocycles. The van der Waals surface area contributed by atoms with Crippen LogP contribution < -0.4 is 9.47 Å². The van der Waals surface area contributed by atoms with Crippen LogP contribution in [0.4, 0.5) is 8.78 Å². The average molecular weight is 290 g/mol. The zero-order valence-electron chi connectivity index (χ0n) is 11.4. The molecule has 0 saturated heterocycles. The van der Waals surface area contributed by atoms with E-state index < -0.39 is 11.6 Å². The second kappa shape index (κ2) is 5.09. The molecular formula is C16H12F2O3. The highest BCUT2D eigenvalue weighted by molar-refractivity contribution is 5.89. The summed E-state index contributed by atoms with van der Waals surface area (Å²) in [6, 6.07) is 8.33. The Morgan fingerprint density at radius 2 is 1.57 bits per heavy atom. The van der Waals surface area contributed by atoms with E-state index in [1.807, 2.05) is 0 Å². The minimum absolute atomic E-state index is 0.324. The zero-order chi connectivity index (χ0) is 15.0. The van der Waals surface area contributed by atoms with Crippen molar-refractivity contribution in [2.75, 3.05) is 14.2 Å². The van der Waals surface area contributed by atoms with E-state index in [1.165, 1.54) is 26.4 Å². The normalized spacial score (nSPS) is 10.9. The van der Waals surface area contributed by atoms with Crippen LogP contribution in [0.3, 0.4) is 0 Å². The molecule has 0 amide bonds. The zero-order valence-corrected chi connectivity index (χ0v) is 11.4. The minimum atomic E-state index is -0.657. The van der Waals surface area contributed by atoms with Crippen LogP contribution in [0.5, 0.6) is 11.5 Å². The average Bonchev–Trinajstić information content (AvgIpc) is 2.89. The van der Waals surface area contributed by atoms with E-state index in [2.05, 4.69) is 0 Å². The third-order valence-corrected chi connectivity index (χ3v) is 3.18. The molecule has 3 nitrogen and oxygen atoms in total. The molecule has 0 N–H and O–H groups in total. The first-order chi connectivity index (χ1) is 10.1. The van der Waals surface area contributed by atoms with E-state index in [4.69, 9.17) is 13.9 Å². The van der Waals surface area contributed by atoms with E-state index in [1.54, 1.807) is 18.2 Å². The number of fused-ring (bicyclic) bond motifs is 1. The molecule has 21 heavy (non-hydrogen) atoms. The SMILES string of the molecule is COc1cc(OC)c2cc(-c3cc(F)cc(F)c3)oc2c1. The first-order valence-corrected chi connectivity index (χ1v) is 6.23. The van der Waals surface area contributed by atoms with Crippen molar-refractivity contribution >= 4 is 11.0 Å². The summed E-state index contributed by atoms with van der Waals surface area (Å²) in [5.41, 5.74) is 0.843. The predicted molar refractivity (Wildman–Crippen MR) is 74.7 cm³/mol. The first-order valence-electron chi connectivity index (χ1n) is 6.23. The van der Waals surface area contributed by atoms with Crippen LogP contribution in [0, 0.1) is 11.6 Å². The fourth-order valence-electron chi connectivity index (χ4n) is 2.21. The van der Waals surface area contributed by atoms with Crippen molar-refractivity contribution in [2.24, 2.45) is 0 Å². The van der Waals surface area contributed by atoms with Gasteiger partial charge in [-0.3, -0.25) is 0 Å². The molecule has 0 unspecified atom stereocenters. The molecule has 0 atom stereocenters. The first kappa shape index (κ1) is 13.4. The molecule has 1 aromatic heterocycles. The van der Waals surface area contributed by atoms with Gasteiger partial charge in [-0.1, -0.05) is 0 Å². The third-order valence-electron chi connectivity index (χ3n) is 3.18. The monoisotopic (exact) mass is 290 g/mol. The molecule has 0 bridgehead atoms. The molecular weight excluding hydrogens is 278 g/mol. The van der Waals surface area contributed by atoms with Crippen LogP contribution in [0.15, 0.2) is 40.8 Å². The highest BCUT2D eigenvalue weighted by Crippen LogP contribution is 2.36. The van der Waals surface area contributed by atoms with Gasteiger partial charge in [0.05, 0.1) is 19.6 Å². The van der Waals surface area contributed by atoms with Gasteiger partial charge in [0.2, 0.25) is 0 Å². The second-order valence-electron chi connectivity index (χ2n) is 4.51. The molecule has 0 aliphatic rings. The summed E-state index contributed by atoms with van der Waals surface area (Å²) in [4.78, 5) is 0. The van der Waals surface area contributed by atoms with Crippen molar-refractivity contribution in [1.82, 2.24) is 0 Å². The molecule has 0 spiro atoms. The topological polar surface area (TPSA) is 31.6 Å². The van der Waals surface area contributed by atoms with Gasteiger partial charge in [-0.05, 0) is 18.2 Å². The molecule has 3 rings (SSSR count). The van der Waals surface area contributed by atoms with Crippen molar-refractivity contribution < 1.29 is 22.7 Å². The maximum atomic E-state index is 13.3. The van der Waals surface area contributed by atoms with Gasteiger partial charge >= 0.3 is 0 Å². The lowest BCUT2D eigenvalue weighted by Crippen LogP contribution is -1.86. The smallest absolute Gasteiger partial charge is 0.142 e. The highest BCUT2D eigenvalue weighted by atomic mass is 19.1. The van der Waals surface area contributed by atoms with E-state index in [0.29, 0.717) is 33.8 Å². The summed E-state index contributed by atoms with van der Waals surface area (Å²) < 4.78 is 42.7. The van der Waals surface area contributed by atoms with Crippen LogP contribution in [0.25, 0.3) is 22.3 Å². The van der Waals surface area contributed by atoms with Crippen molar-refractivity contribution in [1.29, 1.82) is 0 Å². The van der Waals surface area contributed by atoms with Gasteiger partial charge in [-0.2, -0.15) is 0 Å². The largest absolute Gasteiger partial charge is 0.496 e. The van der Waals surface area contributed by atoms with Gasteiger partial charge in [0, 0.05) is 23.8 Å². The minimum Gasteiger partial charge on any atom is -0.496 e. The Labute approximate surface area is 119 Å². The summed E-state index contributed by atoms with van der Waals surface area (Å²) in [6.45, 7) is 0. The van der Waals surface area contributed by atoms with Crippen LogP contribution >= 0.6 is 0 Å². The fraction of sp³-hybridized carbons (Fsp3) is 0.125. The molecule has 1 heterocycles. The number of rotatable bonds is 3. The Bertz CT molecular complexity index is 788. The maximum Gasteiger partial charge on any atom is 0.142 e. The summed E-state index contributed by atoms with van der Waals surface area (Å²) in [5, 5.41) is 0.706. The van der Waals surface area contributed by atoms with Gasteiger partial charge in [0.25, 0.3) is 0 Å². The summed E-state index contributed by atoms with van der Waals surface area (Å²) in [5.74, 6) is 0.182. The predicted octanol–water partition coefficient (Wildman–Crippen LogP) is 4.40. The van der Waals surface area contributed by atoms with Crippen LogP contribution in [0.1, 0.15) is 0 Å². The van der Waals surface area contributed by atoms with E-state index in [0.717, 1.165) is 6.07 Å². The Morgan fingerprint density at radius 3 is 2.19 bits per heavy atom. The Morgan fingerprint density at radius 1 is 0.857 bits per heavy atom. The number of benzene rings is 2. The van der Waals surface area contributed by atoms with Gasteiger partial charge in [0.1, 0.15) is 34.5 Å². The standard InChI is InChI=1S/C16H12F2O3/c1-19-12-6-15(20-2)13-8-14(21-16(13)7-12)9-3-10(17)5-11(18)4-9/h3-8H,1-2H3. The Balaban J connectivity index is 2.20. The number of furan rings is 1. The molecule has 108 valence electrons. The van der Waals surface area contributed by atoms with Crippen molar-refractivity contribution in [3.63, 3.8) is 0 Å². The lowest BCUT2D eigenvalue weighted by molar-refractivity contribution is 0.397. The molecule has 0 radical (unpaired) electrons. The van der Waals surface area contributed by atoms with Crippen LogP contribution in [-0.2, 0) is 0 Å². The second-order valence-corrected chi connectivity index (χ2v) is 4.51. The van der Waals surface area contributed by atoms with Crippen LogP contribution in [-0.4, -0.2) is 14.2 Å². The lowest BCUT2D eigenvalue weighted by atomic mass is 10.1. The molecule has 0 fully saturated rings. The quantitative estimate of drug-likeness (QED) is 0.716. The molecule has 0 aliphatic heterocycles. The summed E-state index contributed by atoms with van der Waals surface area (Å²) in [6.07, 6.45) is 0. The molecule has 0 saturated carbocycles. The number of hydrogen-bond acceptors (Lipinski definition) is 3. The number of ether oxygens (including phenoxy) is 2. The van der Waals surface area contributed by atoms with E-state index in [-0.39, 0.29) is 0 Å². The summed E-state index contributed by atoms with van der Waals surface area (Å²) >= 11 is 0. The Hall–Kier alpha value is -2.56. The van der Waals surface area contributed by atoms with E-state index >= 15 is 0 Å². The number of hydrogen-bond donors (Lipinski definition) is 0. The van der Waals surface area contributed by atoms with Gasteiger partial charge < -0.3 is 13.9 Å². The molecule has 3 aromatic rings. The van der Waals surface area contributed by atoms with Crippen molar-refractivity contribution in [2.45, 2.75) is 0 Å².